The van der Waals surface area contributed by atoms with Crippen LogP contribution in [0.4, 0.5) is 0 Å². The Balaban J connectivity index is 2.55. The predicted molar refractivity (Wildman–Crippen MR) is 79.3 cm³/mol. The van der Waals surface area contributed by atoms with Gasteiger partial charge in [-0.3, -0.25) is 4.99 Å². The zero-order chi connectivity index (χ0) is 14.1. The van der Waals surface area contributed by atoms with E-state index in [1.165, 1.54) is 5.57 Å². The van der Waals surface area contributed by atoms with Crippen LogP contribution in [0.25, 0.3) is 0 Å². The summed E-state index contributed by atoms with van der Waals surface area (Å²) in [5.74, 6) is 0.692. The summed E-state index contributed by atoms with van der Waals surface area (Å²) in [6.45, 7) is 3.24. The van der Waals surface area contributed by atoms with Crippen molar-refractivity contribution >= 4 is 17.3 Å². The Hall–Kier alpha value is -1.10. The van der Waals surface area contributed by atoms with Crippen LogP contribution >= 0.6 is 11.6 Å². The number of hydrogen-bond acceptors (Lipinski definition) is 4. The molecule has 0 aromatic heterocycles. The van der Waals surface area contributed by atoms with Gasteiger partial charge in [0.25, 0.3) is 0 Å². The summed E-state index contributed by atoms with van der Waals surface area (Å²) in [7, 11) is 1.62. The molecule has 0 bridgehead atoms. The van der Waals surface area contributed by atoms with Gasteiger partial charge in [0.2, 0.25) is 0 Å². The van der Waals surface area contributed by atoms with Gasteiger partial charge in [0.05, 0.1) is 6.20 Å². The van der Waals surface area contributed by atoms with Crippen LogP contribution in [-0.4, -0.2) is 32.6 Å². The average Bonchev–Trinajstić information content (AvgIpc) is 2.43. The summed E-state index contributed by atoms with van der Waals surface area (Å²) < 4.78 is 10.8. The number of ether oxygens (including phenoxy) is 2. The fraction of sp³-hybridized carbons (Fsp3) is 0.500. The third-order valence-corrected chi connectivity index (χ3v) is 2.95. The fourth-order valence-electron chi connectivity index (χ4n) is 1.45. The minimum absolute atomic E-state index is 0.394. The third kappa shape index (κ3) is 6.57. The first-order valence-corrected chi connectivity index (χ1v) is 6.61. The SMILES string of the molecule is COC/C(=C\N=C(C)CN)OCC1=CC=C(Cl)CC1. The van der Waals surface area contributed by atoms with E-state index in [0.717, 1.165) is 23.6 Å². The van der Waals surface area contributed by atoms with E-state index in [0.29, 0.717) is 25.5 Å². The number of hydrogen-bond donors (Lipinski definition) is 1. The largest absolute Gasteiger partial charge is 0.490 e. The molecule has 0 aromatic rings. The maximum absolute atomic E-state index is 5.91. The Morgan fingerprint density at radius 3 is 2.84 bits per heavy atom. The molecule has 1 aliphatic carbocycles. The minimum Gasteiger partial charge on any atom is -0.490 e. The van der Waals surface area contributed by atoms with Crippen LogP contribution in [0.15, 0.2) is 39.7 Å². The van der Waals surface area contributed by atoms with Crippen molar-refractivity contribution in [2.24, 2.45) is 10.7 Å². The number of halogens is 1. The van der Waals surface area contributed by atoms with Gasteiger partial charge in [-0.2, -0.15) is 0 Å². The van der Waals surface area contributed by atoms with Crippen LogP contribution < -0.4 is 5.73 Å². The summed E-state index contributed by atoms with van der Waals surface area (Å²) >= 11 is 5.91. The molecule has 0 aliphatic heterocycles. The van der Waals surface area contributed by atoms with E-state index in [-0.39, 0.29) is 0 Å². The van der Waals surface area contributed by atoms with Crippen LogP contribution in [0.2, 0.25) is 0 Å². The summed E-state index contributed by atoms with van der Waals surface area (Å²) in [5.41, 5.74) is 7.54. The molecule has 19 heavy (non-hydrogen) atoms. The molecule has 0 atom stereocenters. The molecular formula is C14H21ClN2O2. The van der Waals surface area contributed by atoms with Crippen molar-refractivity contribution in [2.45, 2.75) is 19.8 Å². The lowest BCUT2D eigenvalue weighted by Crippen LogP contribution is -2.09. The van der Waals surface area contributed by atoms with Gasteiger partial charge in [-0.15, -0.1) is 0 Å². The van der Waals surface area contributed by atoms with E-state index in [1.54, 1.807) is 13.3 Å². The topological polar surface area (TPSA) is 56.8 Å². The van der Waals surface area contributed by atoms with Crippen LogP contribution in [0.3, 0.4) is 0 Å². The second kappa shape index (κ2) is 8.91. The highest BCUT2D eigenvalue weighted by Crippen LogP contribution is 2.21. The fourth-order valence-corrected chi connectivity index (χ4v) is 1.61. The highest BCUT2D eigenvalue weighted by Gasteiger charge is 2.06. The molecule has 0 radical (unpaired) electrons. The van der Waals surface area contributed by atoms with E-state index in [9.17, 15) is 0 Å². The number of nitrogens with two attached hydrogens (primary N) is 1. The maximum Gasteiger partial charge on any atom is 0.140 e. The summed E-state index contributed by atoms with van der Waals surface area (Å²) in [4.78, 5) is 4.21. The molecule has 0 heterocycles. The zero-order valence-electron chi connectivity index (χ0n) is 11.5. The van der Waals surface area contributed by atoms with Crippen molar-refractivity contribution in [3.8, 4) is 0 Å². The second-order valence-electron chi connectivity index (χ2n) is 4.32. The van der Waals surface area contributed by atoms with Gasteiger partial charge in [-0.05, 0) is 31.4 Å². The maximum atomic E-state index is 5.91. The van der Waals surface area contributed by atoms with Crippen LogP contribution in [-0.2, 0) is 9.47 Å². The van der Waals surface area contributed by atoms with Gasteiger partial charge >= 0.3 is 0 Å². The van der Waals surface area contributed by atoms with Crippen molar-refractivity contribution in [2.75, 3.05) is 26.9 Å². The summed E-state index contributed by atoms with van der Waals surface area (Å²) in [6, 6.07) is 0. The van der Waals surface area contributed by atoms with E-state index in [1.807, 2.05) is 19.1 Å². The Bertz CT molecular complexity index is 412. The monoisotopic (exact) mass is 284 g/mol. The number of rotatable bonds is 7. The molecular weight excluding hydrogens is 264 g/mol. The first kappa shape index (κ1) is 16.0. The molecule has 0 amide bonds. The lowest BCUT2D eigenvalue weighted by atomic mass is 10.1. The average molecular weight is 285 g/mol. The number of allylic oxidation sites excluding steroid dienone is 3. The molecule has 0 saturated heterocycles. The molecule has 0 aromatic carbocycles. The Kier molecular flexibility index (Phi) is 7.48. The van der Waals surface area contributed by atoms with E-state index in [4.69, 9.17) is 26.8 Å². The predicted octanol–water partition coefficient (Wildman–Crippen LogP) is 2.75. The van der Waals surface area contributed by atoms with Crippen LogP contribution in [0.1, 0.15) is 19.8 Å². The second-order valence-corrected chi connectivity index (χ2v) is 4.81. The van der Waals surface area contributed by atoms with Crippen molar-refractivity contribution in [1.82, 2.24) is 0 Å². The van der Waals surface area contributed by atoms with Gasteiger partial charge in [-0.1, -0.05) is 17.7 Å². The smallest absolute Gasteiger partial charge is 0.140 e. The zero-order valence-corrected chi connectivity index (χ0v) is 12.2. The van der Waals surface area contributed by atoms with Crippen molar-refractivity contribution in [3.05, 3.63) is 34.7 Å². The van der Waals surface area contributed by atoms with Crippen molar-refractivity contribution in [3.63, 3.8) is 0 Å². The summed E-state index contributed by atoms with van der Waals surface area (Å²) in [6.07, 6.45) is 7.40. The lowest BCUT2D eigenvalue weighted by molar-refractivity contribution is 0.140. The molecule has 0 spiro atoms. The molecule has 2 N–H and O–H groups in total. The first-order chi connectivity index (χ1) is 9.15. The number of methoxy groups -OCH3 is 1. The summed E-state index contributed by atoms with van der Waals surface area (Å²) in [5, 5.41) is 0.888. The van der Waals surface area contributed by atoms with Crippen LogP contribution in [0, 0.1) is 0 Å². The minimum atomic E-state index is 0.394. The molecule has 1 aliphatic rings. The standard InChI is InChI=1S/C14H21ClN2O2/c1-11(7-16)17-8-14(10-18-2)19-9-12-3-5-13(15)6-4-12/h3,5,8H,4,6-7,9-10,16H2,1-2H3/b14-8+,17-11?. The van der Waals surface area contributed by atoms with Gasteiger partial charge in [-0.25, -0.2) is 0 Å². The van der Waals surface area contributed by atoms with Crippen LogP contribution in [0.5, 0.6) is 0 Å². The number of nitrogens with zero attached hydrogens (tertiary/aromatic N) is 1. The van der Waals surface area contributed by atoms with Gasteiger partial charge < -0.3 is 15.2 Å². The van der Waals surface area contributed by atoms with Gasteiger partial charge in [0.15, 0.2) is 0 Å². The molecule has 4 nitrogen and oxygen atoms in total. The molecule has 0 fully saturated rings. The Labute approximate surface area is 119 Å². The normalized spacial score (nSPS) is 17.1. The first-order valence-electron chi connectivity index (χ1n) is 6.24. The Morgan fingerprint density at radius 1 is 1.47 bits per heavy atom. The Morgan fingerprint density at radius 2 is 2.26 bits per heavy atom. The molecule has 0 saturated carbocycles. The molecule has 0 unspecified atom stereocenters. The molecule has 5 heteroatoms. The van der Waals surface area contributed by atoms with E-state index in [2.05, 4.69) is 4.99 Å². The highest BCUT2D eigenvalue weighted by molar-refractivity contribution is 6.29. The quantitative estimate of drug-likeness (QED) is 0.578. The van der Waals surface area contributed by atoms with E-state index >= 15 is 0 Å². The van der Waals surface area contributed by atoms with Gasteiger partial charge in [0, 0.05) is 24.4 Å². The van der Waals surface area contributed by atoms with Crippen molar-refractivity contribution < 1.29 is 9.47 Å². The van der Waals surface area contributed by atoms with Gasteiger partial charge in [0.1, 0.15) is 19.0 Å². The molecule has 1 rings (SSSR count). The third-order valence-electron chi connectivity index (χ3n) is 2.64. The molecule has 106 valence electrons. The van der Waals surface area contributed by atoms with E-state index < -0.39 is 0 Å². The highest BCUT2D eigenvalue weighted by atomic mass is 35.5. The van der Waals surface area contributed by atoms with Crippen molar-refractivity contribution in [1.29, 1.82) is 0 Å². The number of aliphatic imine (C=N–C) groups is 1. The lowest BCUT2D eigenvalue weighted by Gasteiger charge is -2.14.